The van der Waals surface area contributed by atoms with Crippen LogP contribution in [0.25, 0.3) is 5.78 Å². The molecular formula is C10H12F3N5. The molecule has 2 aromatic heterocycles. The van der Waals surface area contributed by atoms with Crippen molar-refractivity contribution in [3.8, 4) is 0 Å². The second kappa shape index (κ2) is 4.43. The van der Waals surface area contributed by atoms with Gasteiger partial charge in [-0.05, 0) is 19.9 Å². The lowest BCUT2D eigenvalue weighted by atomic mass is 10.3. The fraction of sp³-hybridized carbons (Fsp3) is 0.500. The smallest absolute Gasteiger partial charge is 0.328 e. The minimum Gasteiger partial charge on any atom is -0.328 e. The first-order chi connectivity index (χ1) is 8.37. The average Bonchev–Trinajstić information content (AvgIpc) is 2.67. The highest BCUT2D eigenvalue weighted by atomic mass is 19.4. The van der Waals surface area contributed by atoms with Crippen LogP contribution >= 0.6 is 0 Å². The van der Waals surface area contributed by atoms with Crippen LogP contribution in [-0.2, 0) is 0 Å². The molecule has 2 aromatic rings. The van der Waals surface area contributed by atoms with Gasteiger partial charge in [-0.3, -0.25) is 0 Å². The monoisotopic (exact) mass is 259 g/mol. The van der Waals surface area contributed by atoms with Crippen molar-refractivity contribution in [1.29, 1.82) is 0 Å². The van der Waals surface area contributed by atoms with Crippen LogP contribution in [-0.4, -0.2) is 38.3 Å². The molecule has 0 amide bonds. The molecule has 0 atom stereocenters. The molecular weight excluding hydrogens is 247 g/mol. The largest absolute Gasteiger partial charge is 0.406 e. The number of aromatic nitrogens is 4. The predicted molar refractivity (Wildman–Crippen MR) is 59.3 cm³/mol. The quantitative estimate of drug-likeness (QED) is 0.844. The van der Waals surface area contributed by atoms with E-state index in [1.165, 1.54) is 10.7 Å². The van der Waals surface area contributed by atoms with Gasteiger partial charge in [0.2, 0.25) is 5.95 Å². The highest BCUT2D eigenvalue weighted by Crippen LogP contribution is 2.21. The van der Waals surface area contributed by atoms with Crippen molar-refractivity contribution in [2.45, 2.75) is 26.1 Å². The Bertz CT molecular complexity index is 501. The summed E-state index contributed by atoms with van der Waals surface area (Å²) in [7, 11) is 0. The van der Waals surface area contributed by atoms with Crippen LogP contribution in [0.2, 0.25) is 0 Å². The van der Waals surface area contributed by atoms with Crippen molar-refractivity contribution < 1.29 is 13.2 Å². The van der Waals surface area contributed by atoms with E-state index in [1.54, 1.807) is 26.1 Å². The van der Waals surface area contributed by atoms with Gasteiger partial charge in [-0.15, -0.1) is 5.10 Å². The zero-order valence-electron chi connectivity index (χ0n) is 9.89. The van der Waals surface area contributed by atoms with Gasteiger partial charge in [0.1, 0.15) is 6.54 Å². The topological polar surface area (TPSA) is 46.3 Å². The molecule has 0 aromatic carbocycles. The molecule has 8 heteroatoms. The van der Waals surface area contributed by atoms with Crippen LogP contribution in [0.4, 0.5) is 19.1 Å². The van der Waals surface area contributed by atoms with Gasteiger partial charge in [0.15, 0.2) is 0 Å². The van der Waals surface area contributed by atoms with Crippen LogP contribution in [0.1, 0.15) is 13.8 Å². The Kier molecular flexibility index (Phi) is 3.10. The molecule has 0 fully saturated rings. The maximum atomic E-state index is 12.5. The Balaban J connectivity index is 2.36. The first-order valence-corrected chi connectivity index (χ1v) is 5.37. The molecule has 0 bridgehead atoms. The summed E-state index contributed by atoms with van der Waals surface area (Å²) in [5, 5.41) is 3.99. The van der Waals surface area contributed by atoms with E-state index in [9.17, 15) is 13.2 Å². The van der Waals surface area contributed by atoms with Crippen LogP contribution in [0, 0.1) is 0 Å². The second-order valence-electron chi connectivity index (χ2n) is 4.11. The van der Waals surface area contributed by atoms with E-state index in [4.69, 9.17) is 0 Å². The number of rotatable bonds is 3. The minimum atomic E-state index is -4.30. The number of nitrogens with zero attached hydrogens (tertiary/aromatic N) is 5. The lowest BCUT2D eigenvalue weighted by molar-refractivity contribution is -0.120. The minimum absolute atomic E-state index is 0.0287. The van der Waals surface area contributed by atoms with E-state index in [0.717, 1.165) is 4.90 Å². The summed E-state index contributed by atoms with van der Waals surface area (Å²) in [4.78, 5) is 9.00. The molecule has 0 aliphatic rings. The number of fused-ring (bicyclic) bond motifs is 1. The van der Waals surface area contributed by atoms with Gasteiger partial charge in [-0.2, -0.15) is 18.2 Å². The zero-order valence-corrected chi connectivity index (χ0v) is 9.89. The maximum absolute atomic E-state index is 12.5. The van der Waals surface area contributed by atoms with E-state index in [1.807, 2.05) is 0 Å². The molecule has 98 valence electrons. The SMILES string of the molecule is CC(C)N(CC(F)(F)F)c1nc2ncccn2n1. The van der Waals surface area contributed by atoms with Gasteiger partial charge in [0, 0.05) is 18.4 Å². The van der Waals surface area contributed by atoms with Crippen LogP contribution in [0.15, 0.2) is 18.5 Å². The summed E-state index contributed by atoms with van der Waals surface area (Å²) >= 11 is 0. The fourth-order valence-electron chi connectivity index (χ4n) is 1.52. The molecule has 2 rings (SSSR count). The molecule has 0 spiro atoms. The third-order valence-electron chi connectivity index (χ3n) is 2.34. The predicted octanol–water partition coefficient (Wildman–Crippen LogP) is 1.90. The first kappa shape index (κ1) is 12.6. The summed E-state index contributed by atoms with van der Waals surface area (Å²) in [5.74, 6) is 0.307. The second-order valence-corrected chi connectivity index (χ2v) is 4.11. The molecule has 0 aliphatic carbocycles. The standard InChI is InChI=1S/C10H12F3N5/c1-7(2)17(6-10(11,12)13)9-15-8-14-4-3-5-18(8)16-9/h3-5,7H,6H2,1-2H3. The van der Waals surface area contributed by atoms with Crippen molar-refractivity contribution >= 4 is 11.7 Å². The number of anilines is 1. The average molecular weight is 259 g/mol. The summed E-state index contributed by atoms with van der Waals surface area (Å²) in [6.45, 7) is 2.23. The van der Waals surface area contributed by atoms with Gasteiger partial charge in [0.25, 0.3) is 5.78 Å². The first-order valence-electron chi connectivity index (χ1n) is 5.37. The summed E-state index contributed by atoms with van der Waals surface area (Å²) in [5.41, 5.74) is 0. The molecule has 0 aliphatic heterocycles. The third kappa shape index (κ3) is 2.69. The summed E-state index contributed by atoms with van der Waals surface area (Å²) < 4.78 is 38.8. The number of alkyl halides is 3. The summed E-state index contributed by atoms with van der Waals surface area (Å²) in [6, 6.07) is 1.28. The molecule has 0 unspecified atom stereocenters. The number of hydrogen-bond donors (Lipinski definition) is 0. The maximum Gasteiger partial charge on any atom is 0.406 e. The zero-order chi connectivity index (χ0) is 13.3. The number of hydrogen-bond acceptors (Lipinski definition) is 4. The third-order valence-corrected chi connectivity index (χ3v) is 2.34. The lowest BCUT2D eigenvalue weighted by Crippen LogP contribution is -2.39. The summed E-state index contributed by atoms with van der Waals surface area (Å²) in [6.07, 6.45) is -1.20. The van der Waals surface area contributed by atoms with Crippen molar-refractivity contribution in [3.63, 3.8) is 0 Å². The van der Waals surface area contributed by atoms with E-state index in [2.05, 4.69) is 15.1 Å². The molecule has 0 N–H and O–H groups in total. The van der Waals surface area contributed by atoms with Gasteiger partial charge < -0.3 is 4.90 Å². The van der Waals surface area contributed by atoms with Gasteiger partial charge >= 0.3 is 6.18 Å². The normalized spacial score (nSPS) is 12.3. The van der Waals surface area contributed by atoms with Gasteiger partial charge in [0.05, 0.1) is 0 Å². The Hall–Kier alpha value is -1.86. The molecule has 5 nitrogen and oxygen atoms in total. The van der Waals surface area contributed by atoms with E-state index < -0.39 is 12.7 Å². The van der Waals surface area contributed by atoms with Gasteiger partial charge in [-0.1, -0.05) is 0 Å². The molecule has 2 heterocycles. The van der Waals surface area contributed by atoms with Crippen molar-refractivity contribution in [3.05, 3.63) is 18.5 Å². The Morgan fingerprint density at radius 1 is 1.39 bits per heavy atom. The lowest BCUT2D eigenvalue weighted by Gasteiger charge is -2.25. The van der Waals surface area contributed by atoms with E-state index >= 15 is 0 Å². The van der Waals surface area contributed by atoms with E-state index in [0.29, 0.717) is 0 Å². The van der Waals surface area contributed by atoms with Crippen molar-refractivity contribution in [2.75, 3.05) is 11.4 Å². The van der Waals surface area contributed by atoms with Crippen LogP contribution in [0.3, 0.4) is 0 Å². The fourth-order valence-corrected chi connectivity index (χ4v) is 1.52. The highest BCUT2D eigenvalue weighted by molar-refractivity contribution is 5.39. The molecule has 0 radical (unpaired) electrons. The Morgan fingerprint density at radius 3 is 2.67 bits per heavy atom. The molecule has 0 saturated carbocycles. The molecule has 18 heavy (non-hydrogen) atoms. The molecule has 0 saturated heterocycles. The van der Waals surface area contributed by atoms with Crippen LogP contribution < -0.4 is 4.90 Å². The van der Waals surface area contributed by atoms with Crippen LogP contribution in [0.5, 0.6) is 0 Å². The Morgan fingerprint density at radius 2 is 2.11 bits per heavy atom. The van der Waals surface area contributed by atoms with Crippen molar-refractivity contribution in [2.24, 2.45) is 0 Å². The van der Waals surface area contributed by atoms with Gasteiger partial charge in [-0.25, -0.2) is 9.50 Å². The number of halogens is 3. The Labute approximate surface area is 101 Å². The van der Waals surface area contributed by atoms with E-state index in [-0.39, 0.29) is 17.8 Å². The highest BCUT2D eigenvalue weighted by Gasteiger charge is 2.33. The van der Waals surface area contributed by atoms with Crippen molar-refractivity contribution in [1.82, 2.24) is 19.6 Å².